The van der Waals surface area contributed by atoms with Gasteiger partial charge in [0.1, 0.15) is 23.0 Å². The molecule has 0 aliphatic heterocycles. The number of anilines is 1. The molecule has 1 amide bonds. The summed E-state index contributed by atoms with van der Waals surface area (Å²) in [5, 5.41) is 3.24. The fourth-order valence-corrected chi connectivity index (χ4v) is 5.40. The first-order chi connectivity index (χ1) is 20.4. The van der Waals surface area contributed by atoms with Gasteiger partial charge in [0.15, 0.2) is 11.2 Å². The Kier molecular flexibility index (Phi) is 6.90. The number of fused-ring (bicyclic) bond motifs is 2. The average Bonchev–Trinajstić information content (AvgIpc) is 3.56. The van der Waals surface area contributed by atoms with Gasteiger partial charge in [-0.3, -0.25) is 9.10 Å². The largest absolute Gasteiger partial charge is 0.455 e. The van der Waals surface area contributed by atoms with Crippen LogP contribution in [0.1, 0.15) is 10.4 Å². The van der Waals surface area contributed by atoms with Gasteiger partial charge in [0.25, 0.3) is 5.91 Å². The van der Waals surface area contributed by atoms with Crippen LogP contribution in [-0.2, 0) is 10.0 Å². The Balaban J connectivity index is 1.62. The summed E-state index contributed by atoms with van der Waals surface area (Å²) >= 11 is 6.01. The van der Waals surface area contributed by atoms with Crippen molar-refractivity contribution in [1.82, 2.24) is 15.3 Å². The van der Waals surface area contributed by atoms with E-state index in [1.165, 1.54) is 68.8 Å². The molecule has 218 valence electrons. The number of pyridine rings is 1. The molecule has 0 spiro atoms. The molecule has 0 unspecified atom stereocenters. The van der Waals surface area contributed by atoms with Crippen LogP contribution in [-0.4, -0.2) is 44.6 Å². The van der Waals surface area contributed by atoms with Crippen molar-refractivity contribution in [2.24, 2.45) is 0 Å². The van der Waals surface area contributed by atoms with Crippen molar-refractivity contribution in [3.63, 3.8) is 0 Å². The highest BCUT2D eigenvalue weighted by molar-refractivity contribution is 7.92. The van der Waals surface area contributed by atoms with Gasteiger partial charge >= 0.3 is 0 Å². The molecule has 6 rings (SSSR count). The van der Waals surface area contributed by atoms with Crippen molar-refractivity contribution >= 4 is 55.4 Å². The number of halogens is 3. The van der Waals surface area contributed by atoms with Gasteiger partial charge in [-0.25, -0.2) is 22.2 Å². The van der Waals surface area contributed by atoms with E-state index in [0.717, 1.165) is 10.6 Å². The predicted octanol–water partition coefficient (Wildman–Crippen LogP) is 6.66. The van der Waals surface area contributed by atoms with Crippen molar-refractivity contribution < 1.29 is 30.8 Å². The molecule has 43 heavy (non-hydrogen) atoms. The summed E-state index contributed by atoms with van der Waals surface area (Å²) in [6.45, 7) is 0. The first-order valence-corrected chi connectivity index (χ1v) is 14.9. The molecule has 6 aromatic rings. The number of nitrogens with zero attached hydrogens (tertiary/aromatic N) is 3. The van der Waals surface area contributed by atoms with Crippen LogP contribution in [0.2, 0.25) is 5.02 Å². The lowest BCUT2D eigenvalue weighted by atomic mass is 9.97. The molecule has 3 aromatic carbocycles. The van der Waals surface area contributed by atoms with Crippen LogP contribution in [0, 0.1) is 11.6 Å². The predicted molar refractivity (Wildman–Crippen MR) is 159 cm³/mol. The van der Waals surface area contributed by atoms with Crippen LogP contribution in [0.3, 0.4) is 0 Å². The second-order valence-electron chi connectivity index (χ2n) is 9.71. The zero-order chi connectivity index (χ0) is 30.6. The summed E-state index contributed by atoms with van der Waals surface area (Å²) in [4.78, 5) is 21.6. The number of carbonyl (C=O) groups is 1. The molecule has 0 saturated heterocycles. The van der Waals surface area contributed by atoms with E-state index < -0.39 is 27.6 Å². The molecule has 0 fully saturated rings. The molecular weight excluding hydrogens is 602 g/mol. The number of carbonyl (C=O) groups excluding carboxylic acids is 1. The molecule has 0 saturated carbocycles. The molecule has 0 aliphatic rings. The Morgan fingerprint density at radius 2 is 1.65 bits per heavy atom. The molecule has 13 heteroatoms. The standard InChI is InChI=1S/C30H21ClF2N4O5S/c1-34-29(38)26-22-12-21(16-8-17(10-20(33)9-16)30-36-28-25(42-30)11-18(31)14-35-28)23(37(2)43(3,39)40)13-24(22)41-27(26)15-4-6-19(32)7-5-15/h4-14H,1-3H3,(H,34,38). The SMILES string of the molecule is CNC(=O)c1c(-c2ccc(F)cc2)oc2cc(N(C)S(C)(=O)=O)c(-c3cc(F)cc(-c4nc5ncc(Cl)cc5o4)c3)cc12. The molecule has 0 aliphatic carbocycles. The second-order valence-corrected chi connectivity index (χ2v) is 12.2. The summed E-state index contributed by atoms with van der Waals surface area (Å²) in [6.07, 6.45) is 2.43. The third-order valence-electron chi connectivity index (χ3n) is 6.87. The third kappa shape index (κ3) is 5.19. The number of hydrogen-bond acceptors (Lipinski definition) is 7. The summed E-state index contributed by atoms with van der Waals surface area (Å²) in [5.74, 6) is -1.40. The molecule has 1 N–H and O–H groups in total. The zero-order valence-electron chi connectivity index (χ0n) is 22.8. The van der Waals surface area contributed by atoms with Crippen LogP contribution >= 0.6 is 11.6 Å². The number of nitrogens with one attached hydrogen (secondary N) is 1. The zero-order valence-corrected chi connectivity index (χ0v) is 24.3. The maximum Gasteiger partial charge on any atom is 0.255 e. The first-order valence-electron chi connectivity index (χ1n) is 12.7. The van der Waals surface area contributed by atoms with Crippen LogP contribution in [0.15, 0.2) is 75.7 Å². The number of sulfonamides is 1. The minimum Gasteiger partial charge on any atom is -0.455 e. The maximum absolute atomic E-state index is 15.2. The van der Waals surface area contributed by atoms with Crippen molar-refractivity contribution in [1.29, 1.82) is 0 Å². The van der Waals surface area contributed by atoms with Crippen molar-refractivity contribution in [3.05, 3.63) is 89.1 Å². The summed E-state index contributed by atoms with van der Waals surface area (Å²) in [6, 6.07) is 14.0. The highest BCUT2D eigenvalue weighted by Crippen LogP contribution is 2.42. The van der Waals surface area contributed by atoms with E-state index in [1.807, 2.05) is 0 Å². The normalized spacial score (nSPS) is 11.8. The number of rotatable bonds is 6. The van der Waals surface area contributed by atoms with Crippen LogP contribution < -0.4 is 9.62 Å². The fourth-order valence-electron chi connectivity index (χ4n) is 4.75. The Bertz CT molecular complexity index is 2180. The van der Waals surface area contributed by atoms with Gasteiger partial charge in [-0.2, -0.15) is 4.98 Å². The monoisotopic (exact) mass is 622 g/mol. The third-order valence-corrected chi connectivity index (χ3v) is 8.27. The number of amides is 1. The van der Waals surface area contributed by atoms with E-state index in [4.69, 9.17) is 20.4 Å². The van der Waals surface area contributed by atoms with Gasteiger partial charge in [0, 0.05) is 54.5 Å². The molecule has 3 aromatic heterocycles. The smallest absolute Gasteiger partial charge is 0.255 e. The van der Waals surface area contributed by atoms with Gasteiger partial charge in [-0.15, -0.1) is 0 Å². The first kappa shape index (κ1) is 28.3. The summed E-state index contributed by atoms with van der Waals surface area (Å²) in [7, 11) is -1.01. The Morgan fingerprint density at radius 3 is 2.35 bits per heavy atom. The van der Waals surface area contributed by atoms with E-state index in [9.17, 15) is 17.6 Å². The van der Waals surface area contributed by atoms with Gasteiger partial charge in [0.2, 0.25) is 15.9 Å². The second kappa shape index (κ2) is 10.5. The molecule has 0 radical (unpaired) electrons. The van der Waals surface area contributed by atoms with Gasteiger partial charge in [-0.05, 0) is 54.1 Å². The van der Waals surface area contributed by atoms with E-state index in [2.05, 4.69) is 15.3 Å². The van der Waals surface area contributed by atoms with E-state index in [0.29, 0.717) is 21.6 Å². The fraction of sp³-hybridized carbons (Fsp3) is 0.100. The Morgan fingerprint density at radius 1 is 0.930 bits per heavy atom. The maximum atomic E-state index is 15.2. The minimum atomic E-state index is -3.80. The van der Waals surface area contributed by atoms with Crippen LogP contribution in [0.4, 0.5) is 14.5 Å². The lowest BCUT2D eigenvalue weighted by molar-refractivity contribution is 0.0964. The van der Waals surface area contributed by atoms with Crippen molar-refractivity contribution in [3.8, 4) is 33.9 Å². The molecule has 9 nitrogen and oxygen atoms in total. The Labute approximate surface area is 248 Å². The lowest BCUT2D eigenvalue weighted by Crippen LogP contribution is -2.25. The van der Waals surface area contributed by atoms with E-state index >= 15 is 4.39 Å². The van der Waals surface area contributed by atoms with E-state index in [-0.39, 0.29) is 50.8 Å². The van der Waals surface area contributed by atoms with Gasteiger partial charge in [0.05, 0.1) is 22.5 Å². The Hall–Kier alpha value is -4.81. The highest BCUT2D eigenvalue weighted by atomic mass is 35.5. The topological polar surface area (TPSA) is 119 Å². The van der Waals surface area contributed by atoms with Crippen molar-refractivity contribution in [2.75, 3.05) is 24.7 Å². The van der Waals surface area contributed by atoms with Crippen LogP contribution in [0.25, 0.3) is 56.1 Å². The van der Waals surface area contributed by atoms with Gasteiger partial charge in [-0.1, -0.05) is 11.6 Å². The summed E-state index contributed by atoms with van der Waals surface area (Å²) in [5.41, 5.74) is 2.26. The van der Waals surface area contributed by atoms with Crippen molar-refractivity contribution in [2.45, 2.75) is 0 Å². The number of oxazole rings is 1. The summed E-state index contributed by atoms with van der Waals surface area (Å²) < 4.78 is 67.1. The minimum absolute atomic E-state index is 0.0672. The molecule has 0 bridgehead atoms. The lowest BCUT2D eigenvalue weighted by Gasteiger charge is -2.21. The highest BCUT2D eigenvalue weighted by Gasteiger charge is 2.26. The van der Waals surface area contributed by atoms with Crippen LogP contribution in [0.5, 0.6) is 0 Å². The number of furan rings is 1. The molecule has 3 heterocycles. The van der Waals surface area contributed by atoms with Gasteiger partial charge < -0.3 is 14.2 Å². The number of benzene rings is 3. The number of aromatic nitrogens is 2. The molecular formula is C30H21ClF2N4O5S. The van der Waals surface area contributed by atoms with E-state index in [1.54, 1.807) is 12.1 Å². The molecule has 0 atom stereocenters. The average molecular weight is 623 g/mol. The number of hydrogen-bond donors (Lipinski definition) is 1. The quantitative estimate of drug-likeness (QED) is 0.221.